The maximum absolute atomic E-state index is 12.3. The summed E-state index contributed by atoms with van der Waals surface area (Å²) < 4.78 is 30.6. The Labute approximate surface area is 134 Å². The number of ether oxygens (including phenoxy) is 1. The van der Waals surface area contributed by atoms with Crippen LogP contribution in [-0.2, 0) is 19.6 Å². The van der Waals surface area contributed by atoms with Gasteiger partial charge in [-0.2, -0.15) is 4.31 Å². The Morgan fingerprint density at radius 3 is 2.29 bits per heavy atom. The van der Waals surface area contributed by atoms with Crippen molar-refractivity contribution in [3.05, 3.63) is 28.2 Å². The quantitative estimate of drug-likeness (QED) is 0.780. The molecule has 1 aromatic rings. The van der Waals surface area contributed by atoms with Gasteiger partial charge in [0, 0.05) is 7.05 Å². The fourth-order valence-electron chi connectivity index (χ4n) is 1.46. The average molecular weight is 354 g/mol. The van der Waals surface area contributed by atoms with Crippen LogP contribution >= 0.6 is 23.2 Å². The highest BCUT2D eigenvalue weighted by Gasteiger charge is 2.26. The SMILES string of the molecule is CN(CC(=O)OC(C)(C)C)S(=O)(=O)c1ccc(Cl)c(Cl)c1. The van der Waals surface area contributed by atoms with Gasteiger partial charge < -0.3 is 4.74 Å². The molecule has 5 nitrogen and oxygen atoms in total. The monoisotopic (exact) mass is 353 g/mol. The molecule has 0 radical (unpaired) electrons. The third kappa shape index (κ3) is 5.14. The second-order valence-corrected chi connectivity index (χ2v) is 8.28. The molecule has 0 spiro atoms. The van der Waals surface area contributed by atoms with Gasteiger partial charge in [-0.25, -0.2) is 8.42 Å². The fourth-order valence-corrected chi connectivity index (χ4v) is 2.96. The first-order valence-electron chi connectivity index (χ1n) is 6.07. The fraction of sp³-hybridized carbons (Fsp3) is 0.462. The number of likely N-dealkylation sites (N-methyl/N-ethyl adjacent to an activating group) is 1. The minimum absolute atomic E-state index is 0.0389. The minimum atomic E-state index is -3.84. The molecule has 0 fully saturated rings. The Hall–Kier alpha value is -0.820. The predicted octanol–water partition coefficient (Wildman–Crippen LogP) is 2.96. The molecule has 0 aliphatic carbocycles. The van der Waals surface area contributed by atoms with E-state index in [0.29, 0.717) is 0 Å². The highest BCUT2D eigenvalue weighted by atomic mass is 35.5. The summed E-state index contributed by atoms with van der Waals surface area (Å²) >= 11 is 11.6. The van der Waals surface area contributed by atoms with Crippen LogP contribution in [0, 0.1) is 0 Å². The lowest BCUT2D eigenvalue weighted by atomic mass is 10.2. The molecule has 21 heavy (non-hydrogen) atoms. The Morgan fingerprint density at radius 2 is 1.81 bits per heavy atom. The smallest absolute Gasteiger partial charge is 0.321 e. The van der Waals surface area contributed by atoms with E-state index in [9.17, 15) is 13.2 Å². The molecule has 118 valence electrons. The van der Waals surface area contributed by atoms with Crippen molar-refractivity contribution < 1.29 is 17.9 Å². The molecule has 0 saturated heterocycles. The largest absolute Gasteiger partial charge is 0.459 e. The van der Waals surface area contributed by atoms with E-state index in [2.05, 4.69) is 0 Å². The molecule has 0 aliphatic heterocycles. The molecule has 0 N–H and O–H groups in total. The number of nitrogens with zero attached hydrogens (tertiary/aromatic N) is 1. The number of carbonyl (C=O) groups excluding carboxylic acids is 1. The number of hydrogen-bond donors (Lipinski definition) is 0. The van der Waals surface area contributed by atoms with Crippen LogP contribution in [0.5, 0.6) is 0 Å². The molecule has 0 saturated carbocycles. The number of benzene rings is 1. The number of esters is 1. The highest BCUT2D eigenvalue weighted by molar-refractivity contribution is 7.89. The van der Waals surface area contributed by atoms with E-state index in [0.717, 1.165) is 4.31 Å². The van der Waals surface area contributed by atoms with Gasteiger partial charge in [-0.05, 0) is 39.0 Å². The topological polar surface area (TPSA) is 63.7 Å². The van der Waals surface area contributed by atoms with Crippen LogP contribution in [0.25, 0.3) is 0 Å². The van der Waals surface area contributed by atoms with Crippen molar-refractivity contribution in [2.75, 3.05) is 13.6 Å². The van der Waals surface area contributed by atoms with Crippen molar-refractivity contribution in [3.8, 4) is 0 Å². The highest BCUT2D eigenvalue weighted by Crippen LogP contribution is 2.26. The van der Waals surface area contributed by atoms with Crippen molar-refractivity contribution in [3.63, 3.8) is 0 Å². The van der Waals surface area contributed by atoms with E-state index in [1.165, 1.54) is 25.2 Å². The van der Waals surface area contributed by atoms with E-state index in [1.807, 2.05) is 0 Å². The van der Waals surface area contributed by atoms with Crippen LogP contribution in [0.2, 0.25) is 10.0 Å². The van der Waals surface area contributed by atoms with Gasteiger partial charge in [0.1, 0.15) is 12.1 Å². The van der Waals surface area contributed by atoms with Gasteiger partial charge >= 0.3 is 5.97 Å². The van der Waals surface area contributed by atoms with E-state index < -0.39 is 21.6 Å². The Morgan fingerprint density at radius 1 is 1.24 bits per heavy atom. The van der Waals surface area contributed by atoms with Gasteiger partial charge in [-0.15, -0.1) is 0 Å². The van der Waals surface area contributed by atoms with E-state index in [-0.39, 0.29) is 21.5 Å². The van der Waals surface area contributed by atoms with Crippen molar-refractivity contribution in [1.82, 2.24) is 4.31 Å². The minimum Gasteiger partial charge on any atom is -0.459 e. The number of hydrogen-bond acceptors (Lipinski definition) is 4. The zero-order valence-electron chi connectivity index (χ0n) is 12.2. The van der Waals surface area contributed by atoms with Crippen molar-refractivity contribution in [1.29, 1.82) is 0 Å². The van der Waals surface area contributed by atoms with E-state index in [1.54, 1.807) is 20.8 Å². The standard InChI is InChI=1S/C13H17Cl2NO4S/c1-13(2,3)20-12(17)8-16(4)21(18,19)9-5-6-10(14)11(15)7-9/h5-7H,8H2,1-4H3. The molecule has 0 bridgehead atoms. The molecule has 0 aliphatic rings. The van der Waals surface area contributed by atoms with E-state index >= 15 is 0 Å². The molecule has 1 rings (SSSR count). The molecule has 0 amide bonds. The summed E-state index contributed by atoms with van der Waals surface area (Å²) in [5, 5.41) is 0.383. The molecular formula is C13H17Cl2NO4S. The summed E-state index contributed by atoms with van der Waals surface area (Å²) in [5.74, 6) is -0.631. The first-order valence-corrected chi connectivity index (χ1v) is 8.26. The Kier molecular flexibility index (Phi) is 5.66. The second kappa shape index (κ2) is 6.52. The van der Waals surface area contributed by atoms with Crippen LogP contribution in [0.4, 0.5) is 0 Å². The van der Waals surface area contributed by atoms with Crippen LogP contribution < -0.4 is 0 Å². The number of rotatable bonds is 4. The molecular weight excluding hydrogens is 337 g/mol. The third-order valence-electron chi connectivity index (χ3n) is 2.37. The maximum Gasteiger partial charge on any atom is 0.321 e. The lowest BCUT2D eigenvalue weighted by molar-refractivity contribution is -0.154. The van der Waals surface area contributed by atoms with Crippen LogP contribution in [0.3, 0.4) is 0 Å². The lowest BCUT2D eigenvalue weighted by Crippen LogP contribution is -2.36. The summed E-state index contributed by atoms with van der Waals surface area (Å²) in [7, 11) is -2.55. The van der Waals surface area contributed by atoms with Gasteiger partial charge in [0.25, 0.3) is 0 Å². The van der Waals surface area contributed by atoms with Gasteiger partial charge in [0.05, 0.1) is 14.9 Å². The summed E-state index contributed by atoms with van der Waals surface area (Å²) in [5.41, 5.74) is -0.675. The molecule has 0 aromatic heterocycles. The van der Waals surface area contributed by atoms with Gasteiger partial charge in [-0.1, -0.05) is 23.2 Å². The van der Waals surface area contributed by atoms with Gasteiger partial charge in [0.15, 0.2) is 0 Å². The predicted molar refractivity (Wildman–Crippen MR) is 82.1 cm³/mol. The molecule has 8 heteroatoms. The molecule has 0 unspecified atom stereocenters. The van der Waals surface area contributed by atoms with Gasteiger partial charge in [0.2, 0.25) is 10.0 Å². The van der Waals surface area contributed by atoms with Crippen LogP contribution in [0.1, 0.15) is 20.8 Å². The number of carbonyl (C=O) groups is 1. The lowest BCUT2D eigenvalue weighted by Gasteiger charge is -2.22. The summed E-state index contributed by atoms with van der Waals surface area (Å²) in [6.07, 6.45) is 0. The summed E-state index contributed by atoms with van der Waals surface area (Å²) in [6, 6.07) is 3.96. The number of sulfonamides is 1. The third-order valence-corrected chi connectivity index (χ3v) is 4.91. The molecule has 1 aromatic carbocycles. The first-order chi connectivity index (χ1) is 9.43. The zero-order chi connectivity index (χ0) is 16.4. The number of halogens is 2. The zero-order valence-corrected chi connectivity index (χ0v) is 14.5. The normalized spacial score (nSPS) is 12.5. The van der Waals surface area contributed by atoms with Gasteiger partial charge in [-0.3, -0.25) is 4.79 Å². The van der Waals surface area contributed by atoms with E-state index in [4.69, 9.17) is 27.9 Å². The van der Waals surface area contributed by atoms with Crippen LogP contribution in [0.15, 0.2) is 23.1 Å². The average Bonchev–Trinajstić information content (AvgIpc) is 2.29. The van der Waals surface area contributed by atoms with Crippen molar-refractivity contribution >= 4 is 39.2 Å². The Bertz CT molecular complexity index is 638. The summed E-state index contributed by atoms with van der Waals surface area (Å²) in [6.45, 7) is 4.73. The molecule has 0 heterocycles. The molecule has 0 atom stereocenters. The maximum atomic E-state index is 12.3. The first kappa shape index (κ1) is 18.2. The Balaban J connectivity index is 2.92. The second-order valence-electron chi connectivity index (χ2n) is 5.42. The summed E-state index contributed by atoms with van der Waals surface area (Å²) in [4.78, 5) is 11.7. The van der Waals surface area contributed by atoms with Crippen molar-refractivity contribution in [2.45, 2.75) is 31.3 Å². The van der Waals surface area contributed by atoms with Crippen LogP contribution in [-0.4, -0.2) is 37.9 Å². The van der Waals surface area contributed by atoms with Crippen molar-refractivity contribution in [2.24, 2.45) is 0 Å².